The normalized spacial score (nSPS) is 11.5. The molecule has 33 heavy (non-hydrogen) atoms. The summed E-state index contributed by atoms with van der Waals surface area (Å²) in [5.74, 6) is 0. The van der Waals surface area contributed by atoms with Crippen molar-refractivity contribution in [1.82, 2.24) is 0 Å². The third-order valence-electron chi connectivity index (χ3n) is 5.53. The lowest BCUT2D eigenvalue weighted by atomic mass is 9.67. The summed E-state index contributed by atoms with van der Waals surface area (Å²) in [6.45, 7) is 1.40. The Morgan fingerprint density at radius 1 is 0.727 bits per heavy atom. The van der Waals surface area contributed by atoms with Gasteiger partial charge in [0, 0.05) is 12.0 Å². The number of rotatable bonds is 10. The van der Waals surface area contributed by atoms with Crippen LogP contribution >= 0.6 is 0 Å². The Balaban J connectivity index is 0.000000479. The van der Waals surface area contributed by atoms with Crippen LogP contribution in [0.3, 0.4) is 0 Å². The molecule has 0 aliphatic rings. The summed E-state index contributed by atoms with van der Waals surface area (Å²) >= 11 is 0. The summed E-state index contributed by atoms with van der Waals surface area (Å²) < 4.78 is 5.80. The van der Waals surface area contributed by atoms with E-state index in [-0.39, 0.29) is 18.6 Å². The Hall–Kier alpha value is -2.48. The number of benzene rings is 3. The molecule has 3 aromatic carbocycles. The Labute approximate surface area is 198 Å². The number of likely N-dealkylation sites (N-methyl/N-ethyl adjacent to an activating group) is 1. The van der Waals surface area contributed by atoms with Crippen LogP contribution in [0.25, 0.3) is 0 Å². The van der Waals surface area contributed by atoms with Crippen molar-refractivity contribution in [2.75, 3.05) is 40.9 Å². The highest BCUT2D eigenvalue weighted by Crippen LogP contribution is 2.42. The molecule has 0 fully saturated rings. The fourth-order valence-electron chi connectivity index (χ4n) is 3.93. The first-order valence-electron chi connectivity index (χ1n) is 11.4. The molecule has 176 valence electrons. The number of aliphatic hydroxyl groups excluding tert-OH is 1. The Kier molecular flexibility index (Phi) is 10.8. The summed E-state index contributed by atoms with van der Waals surface area (Å²) in [5, 5.41) is 26.3. The molecule has 0 spiro atoms. The molecule has 0 heterocycles. The zero-order valence-corrected chi connectivity index (χ0v) is 20.0. The maximum atomic E-state index is 8.97. The second kappa shape index (κ2) is 13.3. The molecule has 3 aromatic rings. The molecule has 0 saturated heterocycles. The molecule has 0 amide bonds. The van der Waals surface area contributed by atoms with Crippen LogP contribution in [0, 0.1) is 0 Å². The predicted octanol–water partition coefficient (Wildman–Crippen LogP) is 3.47. The van der Waals surface area contributed by atoms with E-state index in [1.165, 1.54) is 16.7 Å². The zero-order chi connectivity index (χ0) is 24.2. The summed E-state index contributed by atoms with van der Waals surface area (Å²) in [4.78, 5) is 0. The van der Waals surface area contributed by atoms with Crippen LogP contribution in [-0.2, 0) is 10.1 Å². The van der Waals surface area contributed by atoms with E-state index in [1.807, 2.05) is 18.2 Å². The molecule has 0 aliphatic carbocycles. The van der Waals surface area contributed by atoms with Gasteiger partial charge in [0.25, 0.3) is 0 Å². The van der Waals surface area contributed by atoms with E-state index in [9.17, 15) is 0 Å². The van der Waals surface area contributed by atoms with Crippen molar-refractivity contribution >= 4 is 7.32 Å². The molecule has 5 nitrogen and oxygen atoms in total. The second-order valence-electron chi connectivity index (χ2n) is 9.04. The molecular formula is C27H37BNO4+. The van der Waals surface area contributed by atoms with Gasteiger partial charge in [-0.3, -0.25) is 0 Å². The van der Waals surface area contributed by atoms with Crippen molar-refractivity contribution in [3.63, 3.8) is 0 Å². The number of hydrogen-bond acceptors (Lipinski definition) is 4. The molecule has 0 atom stereocenters. The van der Waals surface area contributed by atoms with Crippen LogP contribution in [0.1, 0.15) is 29.5 Å². The van der Waals surface area contributed by atoms with Gasteiger partial charge in [-0.25, -0.2) is 0 Å². The predicted molar refractivity (Wildman–Crippen MR) is 135 cm³/mol. The van der Waals surface area contributed by atoms with Crippen LogP contribution < -0.4 is 0 Å². The molecule has 3 rings (SSSR count). The van der Waals surface area contributed by atoms with E-state index >= 15 is 0 Å². The van der Waals surface area contributed by atoms with E-state index in [2.05, 4.69) is 93.9 Å². The summed E-state index contributed by atoms with van der Waals surface area (Å²) in [5.41, 5.74) is 3.30. The van der Waals surface area contributed by atoms with Gasteiger partial charge in [-0.05, 0) is 29.5 Å². The van der Waals surface area contributed by atoms with E-state index in [0.29, 0.717) is 6.42 Å². The highest BCUT2D eigenvalue weighted by atomic mass is 16.6. The van der Waals surface area contributed by atoms with Crippen LogP contribution in [0.2, 0.25) is 0 Å². The number of quaternary nitrogens is 1. The standard InChI is InChI=1S/C22H23BO3.C5H14NO/c24-23(25)26-18-10-17-22(19-11-4-1-5-12-19,20-13-6-2-7-14-20)21-15-8-3-9-16-21;1-6(2,3)4-5-7/h1-9,11-16,24-25H,10,17-18H2;7H,4-5H2,1-3H3/q;+1. The van der Waals surface area contributed by atoms with Crippen molar-refractivity contribution in [2.24, 2.45) is 0 Å². The Morgan fingerprint density at radius 2 is 1.12 bits per heavy atom. The van der Waals surface area contributed by atoms with Gasteiger partial charge in [0.2, 0.25) is 0 Å². The van der Waals surface area contributed by atoms with Crippen molar-refractivity contribution in [2.45, 2.75) is 18.3 Å². The monoisotopic (exact) mass is 450 g/mol. The average Bonchev–Trinajstić information content (AvgIpc) is 2.81. The quantitative estimate of drug-likeness (QED) is 0.192. The molecule has 0 aliphatic heterocycles. The highest BCUT2D eigenvalue weighted by Gasteiger charge is 2.35. The number of hydrogen-bond donors (Lipinski definition) is 3. The van der Waals surface area contributed by atoms with E-state index in [0.717, 1.165) is 17.4 Å². The molecule has 6 heteroatoms. The maximum absolute atomic E-state index is 8.97. The van der Waals surface area contributed by atoms with Crippen molar-refractivity contribution in [3.8, 4) is 0 Å². The fourth-order valence-corrected chi connectivity index (χ4v) is 3.93. The zero-order valence-electron chi connectivity index (χ0n) is 20.0. The first-order valence-corrected chi connectivity index (χ1v) is 11.4. The van der Waals surface area contributed by atoms with Gasteiger partial charge in [0.15, 0.2) is 0 Å². The van der Waals surface area contributed by atoms with Crippen molar-refractivity contribution < 1.29 is 24.3 Å². The SMILES string of the molecule is C[N+](C)(C)CCO.OB(O)OCCCC(c1ccccc1)(c1ccccc1)c1ccccc1. The van der Waals surface area contributed by atoms with E-state index < -0.39 is 7.32 Å². The lowest BCUT2D eigenvalue weighted by molar-refractivity contribution is -0.870. The minimum Gasteiger partial charge on any atom is -0.402 e. The van der Waals surface area contributed by atoms with Gasteiger partial charge in [0.1, 0.15) is 6.54 Å². The number of nitrogens with zero attached hydrogens (tertiary/aromatic N) is 1. The van der Waals surface area contributed by atoms with Crippen molar-refractivity contribution in [1.29, 1.82) is 0 Å². The summed E-state index contributed by atoms with van der Waals surface area (Å²) in [6, 6.07) is 31.4. The molecule has 0 unspecified atom stereocenters. The second-order valence-corrected chi connectivity index (χ2v) is 9.04. The third kappa shape index (κ3) is 8.43. The van der Waals surface area contributed by atoms with Gasteiger partial charge >= 0.3 is 7.32 Å². The van der Waals surface area contributed by atoms with Crippen molar-refractivity contribution in [3.05, 3.63) is 108 Å². The minimum absolute atomic E-state index is 0.281. The average molecular weight is 450 g/mol. The van der Waals surface area contributed by atoms with Gasteiger partial charge in [-0.2, -0.15) is 0 Å². The van der Waals surface area contributed by atoms with Crippen LogP contribution in [0.15, 0.2) is 91.0 Å². The third-order valence-corrected chi connectivity index (χ3v) is 5.53. The van der Waals surface area contributed by atoms with Gasteiger partial charge in [0.05, 0.1) is 27.7 Å². The van der Waals surface area contributed by atoms with Gasteiger partial charge < -0.3 is 24.3 Å². The van der Waals surface area contributed by atoms with Crippen LogP contribution in [-0.4, -0.2) is 67.9 Å². The molecule has 3 N–H and O–H groups in total. The lowest BCUT2D eigenvalue weighted by Gasteiger charge is -2.36. The molecule has 0 saturated carbocycles. The number of aliphatic hydroxyl groups is 1. The topological polar surface area (TPSA) is 69.9 Å². The lowest BCUT2D eigenvalue weighted by Crippen LogP contribution is -2.36. The molecule has 0 radical (unpaired) electrons. The fraction of sp³-hybridized carbons (Fsp3) is 0.333. The molecule has 0 aromatic heterocycles. The Bertz CT molecular complexity index is 803. The van der Waals surface area contributed by atoms with Crippen LogP contribution in [0.5, 0.6) is 0 Å². The smallest absolute Gasteiger partial charge is 0.402 e. The van der Waals surface area contributed by atoms with Gasteiger partial charge in [-0.15, -0.1) is 0 Å². The maximum Gasteiger partial charge on any atom is 0.633 e. The Morgan fingerprint density at radius 3 is 1.39 bits per heavy atom. The highest BCUT2D eigenvalue weighted by molar-refractivity contribution is 6.32. The van der Waals surface area contributed by atoms with E-state index in [1.54, 1.807) is 0 Å². The largest absolute Gasteiger partial charge is 0.633 e. The summed E-state index contributed by atoms with van der Waals surface area (Å²) in [6.07, 6.45) is 1.48. The van der Waals surface area contributed by atoms with E-state index in [4.69, 9.17) is 19.8 Å². The first kappa shape index (κ1) is 26.8. The molecular weight excluding hydrogens is 413 g/mol. The van der Waals surface area contributed by atoms with Gasteiger partial charge in [-0.1, -0.05) is 91.0 Å². The molecule has 0 bridgehead atoms. The summed E-state index contributed by atoms with van der Waals surface area (Å²) in [7, 11) is 4.43. The first-order chi connectivity index (χ1) is 15.8. The minimum atomic E-state index is -1.73. The van der Waals surface area contributed by atoms with Crippen LogP contribution in [0.4, 0.5) is 0 Å².